The highest BCUT2D eigenvalue weighted by Crippen LogP contribution is 2.43. The molecule has 0 saturated carbocycles. The molecule has 6 rings (SSSR count). The van der Waals surface area contributed by atoms with Gasteiger partial charge in [-0.25, -0.2) is 15.0 Å². The van der Waals surface area contributed by atoms with Crippen molar-refractivity contribution < 1.29 is 5.11 Å². The van der Waals surface area contributed by atoms with Gasteiger partial charge >= 0.3 is 0 Å². The van der Waals surface area contributed by atoms with E-state index in [-0.39, 0.29) is 0 Å². The van der Waals surface area contributed by atoms with Crippen LogP contribution in [0.15, 0.2) is 106 Å². The topological polar surface area (TPSA) is 69.3 Å². The van der Waals surface area contributed by atoms with Crippen molar-refractivity contribution >= 4 is 17.1 Å². The monoisotopic (exact) mass is 464 g/mol. The molecule has 0 amide bonds. The largest absolute Gasteiger partial charge is 0.511 e. The minimum atomic E-state index is 0.350. The van der Waals surface area contributed by atoms with E-state index in [1.54, 1.807) is 0 Å². The molecule has 1 aliphatic carbocycles. The fourth-order valence-electron chi connectivity index (χ4n) is 6.08. The Morgan fingerprint density at radius 1 is 0.886 bits per heavy atom. The van der Waals surface area contributed by atoms with Crippen molar-refractivity contribution in [3.05, 3.63) is 91.5 Å². The Bertz CT molecular complexity index is 1460. The van der Waals surface area contributed by atoms with Crippen LogP contribution in [-0.2, 0) is 0 Å². The van der Waals surface area contributed by atoms with Crippen LogP contribution in [0.1, 0.15) is 67.2 Å². The maximum atomic E-state index is 10.9. The fraction of sp³-hybridized carbons (Fsp3) is 0.367. The number of aliphatic hydroxyl groups excluding tert-OH is 1. The summed E-state index contributed by atoms with van der Waals surface area (Å²) in [5.74, 6) is 0.769. The van der Waals surface area contributed by atoms with Gasteiger partial charge in [-0.15, -0.1) is 0 Å². The van der Waals surface area contributed by atoms with E-state index in [4.69, 9.17) is 15.0 Å². The second-order valence-electron chi connectivity index (χ2n) is 10.2. The van der Waals surface area contributed by atoms with E-state index in [0.29, 0.717) is 18.1 Å². The number of fused-ring (bicyclic) bond motifs is 5. The molecule has 1 fully saturated rings. The number of aliphatic hydroxyl groups is 1. The van der Waals surface area contributed by atoms with Gasteiger partial charge in [-0.3, -0.25) is 0 Å². The summed E-state index contributed by atoms with van der Waals surface area (Å²) in [7, 11) is 0. The van der Waals surface area contributed by atoms with Crippen molar-refractivity contribution in [2.45, 2.75) is 67.2 Å². The second-order valence-corrected chi connectivity index (χ2v) is 10.2. The quantitative estimate of drug-likeness (QED) is 0.470. The van der Waals surface area contributed by atoms with Crippen LogP contribution in [0.2, 0.25) is 0 Å². The van der Waals surface area contributed by atoms with E-state index in [1.165, 1.54) is 28.0 Å². The first kappa shape index (κ1) is 22.0. The summed E-state index contributed by atoms with van der Waals surface area (Å²) in [5.41, 5.74) is 16.2. The third kappa shape index (κ3) is 3.17. The summed E-state index contributed by atoms with van der Waals surface area (Å²) in [5, 5.41) is 14.6. The first-order valence-corrected chi connectivity index (χ1v) is 12.8. The minimum absolute atomic E-state index is 0.350. The zero-order valence-electron chi connectivity index (χ0n) is 21.4. The van der Waals surface area contributed by atoms with Crippen LogP contribution in [0.3, 0.4) is 0 Å². The van der Waals surface area contributed by atoms with Gasteiger partial charge in [0, 0.05) is 34.9 Å². The number of hydrogen-bond donors (Lipinski definition) is 2. The molecule has 0 aromatic heterocycles. The van der Waals surface area contributed by atoms with Crippen LogP contribution in [0.5, 0.6) is 0 Å². The Morgan fingerprint density at radius 2 is 1.51 bits per heavy atom. The van der Waals surface area contributed by atoms with Crippen molar-refractivity contribution in [2.24, 2.45) is 20.9 Å². The lowest BCUT2D eigenvalue weighted by Crippen LogP contribution is -2.11. The number of aliphatic imine (C=N–C) groups is 3. The number of allylic oxidation sites excluding steroid dienone is 12. The van der Waals surface area contributed by atoms with Gasteiger partial charge in [0.25, 0.3) is 0 Å². The van der Waals surface area contributed by atoms with Gasteiger partial charge in [0.15, 0.2) is 0 Å². The molecule has 6 aliphatic rings. The average molecular weight is 465 g/mol. The van der Waals surface area contributed by atoms with E-state index < -0.39 is 0 Å². The van der Waals surface area contributed by atoms with Crippen molar-refractivity contribution in [3.63, 3.8) is 0 Å². The van der Waals surface area contributed by atoms with Crippen molar-refractivity contribution in [2.75, 3.05) is 0 Å². The average Bonchev–Trinajstić information content (AvgIpc) is 3.58. The molecule has 0 aromatic carbocycles. The molecule has 5 heterocycles. The lowest BCUT2D eigenvalue weighted by Gasteiger charge is -2.07. The third-order valence-electron chi connectivity index (χ3n) is 8.17. The molecule has 1 saturated heterocycles. The highest BCUT2D eigenvalue weighted by atomic mass is 16.3. The van der Waals surface area contributed by atoms with Crippen LogP contribution in [0, 0.1) is 5.92 Å². The zero-order valence-corrected chi connectivity index (χ0v) is 21.4. The Kier molecular flexibility index (Phi) is 4.89. The zero-order chi connectivity index (χ0) is 24.6. The second kappa shape index (κ2) is 7.77. The lowest BCUT2D eigenvalue weighted by molar-refractivity contribution is 0.400. The van der Waals surface area contributed by atoms with Crippen LogP contribution in [0.25, 0.3) is 0 Å². The molecule has 35 heavy (non-hydrogen) atoms. The van der Waals surface area contributed by atoms with Crippen LogP contribution in [0.4, 0.5) is 0 Å². The molecule has 1 unspecified atom stereocenters. The summed E-state index contributed by atoms with van der Waals surface area (Å²) in [6.07, 6.45) is 9.75. The minimum Gasteiger partial charge on any atom is -0.511 e. The first-order chi connectivity index (χ1) is 16.8. The van der Waals surface area contributed by atoms with E-state index in [2.05, 4.69) is 65.1 Å². The van der Waals surface area contributed by atoms with E-state index >= 15 is 0 Å². The molecule has 5 heteroatoms. The summed E-state index contributed by atoms with van der Waals surface area (Å²) in [4.78, 5) is 15.2. The van der Waals surface area contributed by atoms with Gasteiger partial charge in [0.05, 0.1) is 34.2 Å². The predicted molar refractivity (Wildman–Crippen MR) is 143 cm³/mol. The third-order valence-corrected chi connectivity index (χ3v) is 8.17. The molecule has 5 aliphatic heterocycles. The molecule has 1 atom stereocenters. The number of rotatable bonds is 2. The summed E-state index contributed by atoms with van der Waals surface area (Å²) >= 11 is 0. The number of nitrogens with one attached hydrogen (secondary N) is 1. The van der Waals surface area contributed by atoms with Gasteiger partial charge in [0.2, 0.25) is 0 Å². The Hall–Kier alpha value is -3.47. The van der Waals surface area contributed by atoms with Crippen LogP contribution in [-0.4, -0.2) is 22.2 Å². The van der Waals surface area contributed by atoms with E-state index in [0.717, 1.165) is 75.9 Å². The summed E-state index contributed by atoms with van der Waals surface area (Å²) < 4.78 is 0. The van der Waals surface area contributed by atoms with Gasteiger partial charge in [-0.1, -0.05) is 20.8 Å². The molecular formula is C30H32N4O. The molecule has 0 aromatic rings. The molecule has 178 valence electrons. The van der Waals surface area contributed by atoms with Crippen molar-refractivity contribution in [1.29, 1.82) is 0 Å². The van der Waals surface area contributed by atoms with E-state index in [9.17, 15) is 5.11 Å². The molecule has 5 nitrogen and oxygen atoms in total. The molecule has 8 bridgehead atoms. The maximum absolute atomic E-state index is 10.9. The highest BCUT2D eigenvalue weighted by Gasteiger charge is 2.37. The SMILES string of the molecule is CCC1=C(C)C2=NC1=CC1=C(C)C3=C(O)CC(=C4CC(C)C(=CC5=NC(=C2)C(CC)=C5C)N4)C3=N1. The molecule has 2 N–H and O–H groups in total. The lowest BCUT2D eigenvalue weighted by atomic mass is 9.98. The van der Waals surface area contributed by atoms with Gasteiger partial charge in [-0.2, -0.15) is 0 Å². The summed E-state index contributed by atoms with van der Waals surface area (Å²) in [6, 6.07) is 0. The van der Waals surface area contributed by atoms with E-state index in [1.807, 2.05) is 0 Å². The number of hydrogen-bond acceptors (Lipinski definition) is 5. The molecular weight excluding hydrogens is 432 g/mol. The Labute approximate surface area is 207 Å². The van der Waals surface area contributed by atoms with Crippen LogP contribution < -0.4 is 5.32 Å². The van der Waals surface area contributed by atoms with Gasteiger partial charge < -0.3 is 10.4 Å². The first-order valence-electron chi connectivity index (χ1n) is 12.8. The summed E-state index contributed by atoms with van der Waals surface area (Å²) in [6.45, 7) is 13.0. The maximum Gasteiger partial charge on any atom is 0.106 e. The molecule has 0 spiro atoms. The van der Waals surface area contributed by atoms with Crippen molar-refractivity contribution in [3.8, 4) is 0 Å². The molecule has 0 radical (unpaired) electrons. The Balaban J connectivity index is 1.62. The normalized spacial score (nSPS) is 25.4. The fourth-order valence-corrected chi connectivity index (χ4v) is 6.08. The predicted octanol–water partition coefficient (Wildman–Crippen LogP) is 6.84. The van der Waals surface area contributed by atoms with Crippen molar-refractivity contribution in [1.82, 2.24) is 5.32 Å². The van der Waals surface area contributed by atoms with Gasteiger partial charge in [0.1, 0.15) is 5.76 Å². The highest BCUT2D eigenvalue weighted by molar-refractivity contribution is 6.21. The Morgan fingerprint density at radius 3 is 2.17 bits per heavy atom. The number of nitrogens with zero attached hydrogens (tertiary/aromatic N) is 3. The smallest absolute Gasteiger partial charge is 0.106 e. The van der Waals surface area contributed by atoms with Crippen LogP contribution >= 0.6 is 0 Å². The van der Waals surface area contributed by atoms with Gasteiger partial charge in [-0.05, 0) is 86.1 Å². The standard InChI is InChI=1S/C30H32N4O/c1-7-18-15(4)22-11-21-14(3)9-25(31-21)20-10-28(35)29-17(6)24(34-30(20)29)13-27-19(8-2)16(5)23(33-27)12-26(18)32-22/h11-14,31,35H,7-10H2,1-6H3.